The van der Waals surface area contributed by atoms with Crippen LogP contribution < -0.4 is 24.8 Å². The Kier molecular flexibility index (Phi) is 11.3. The molecular weight excluding hydrogens is 407 g/mol. The van der Waals surface area contributed by atoms with E-state index in [0.29, 0.717) is 0 Å². The molecule has 25 heavy (non-hydrogen) atoms. The third-order valence-electron chi connectivity index (χ3n) is 4.24. The molecule has 0 amide bonds. The third-order valence-corrected chi connectivity index (χ3v) is 5.63. The van der Waals surface area contributed by atoms with Crippen molar-refractivity contribution in [2.24, 2.45) is 10.8 Å². The van der Waals surface area contributed by atoms with Crippen LogP contribution in [0.2, 0.25) is 0 Å². The van der Waals surface area contributed by atoms with Crippen LogP contribution in [0.4, 0.5) is 0 Å². The monoisotopic (exact) mass is 435 g/mol. The van der Waals surface area contributed by atoms with Crippen molar-refractivity contribution in [1.29, 1.82) is 0 Å². The zero-order valence-electron chi connectivity index (χ0n) is 16.3. The van der Waals surface area contributed by atoms with Crippen molar-refractivity contribution in [3.05, 3.63) is 46.4 Å². The van der Waals surface area contributed by atoms with E-state index in [-0.39, 0.29) is 62.3 Å². The van der Waals surface area contributed by atoms with Crippen molar-refractivity contribution in [2.75, 3.05) is 7.11 Å². The molecule has 1 unspecified atom stereocenters. The minimum atomic E-state index is -0.315. The van der Waals surface area contributed by atoms with E-state index >= 15 is 0 Å². The Morgan fingerprint density at radius 1 is 1.08 bits per heavy atom. The molecule has 2 aliphatic rings. The number of allylic oxidation sites excluding steroid dienone is 5. The van der Waals surface area contributed by atoms with Gasteiger partial charge in [0.05, 0.1) is 0 Å². The Morgan fingerprint density at radius 3 is 2.08 bits per heavy atom. The molecular formula is C20H29Cl2OSTi. The van der Waals surface area contributed by atoms with Crippen molar-refractivity contribution >= 4 is 11.8 Å². The molecule has 0 heterocycles. The predicted molar refractivity (Wildman–Crippen MR) is 97.5 cm³/mol. The van der Waals surface area contributed by atoms with Gasteiger partial charge in [-0.15, -0.1) is 18.2 Å². The van der Waals surface area contributed by atoms with Gasteiger partial charge in [0.1, 0.15) is 4.93 Å². The fourth-order valence-electron chi connectivity index (χ4n) is 2.95. The number of hydrogen-bond donors (Lipinski definition) is 0. The molecule has 0 fully saturated rings. The van der Waals surface area contributed by atoms with Gasteiger partial charge in [-0.3, -0.25) is 6.08 Å². The van der Waals surface area contributed by atoms with Crippen LogP contribution in [0.1, 0.15) is 54.4 Å². The molecule has 1 atom stereocenters. The molecule has 0 spiro atoms. The average molecular weight is 436 g/mol. The third kappa shape index (κ3) is 6.59. The predicted octanol–water partition coefficient (Wildman–Crippen LogP) is 0.0635. The minimum absolute atomic E-state index is 0. The van der Waals surface area contributed by atoms with Crippen molar-refractivity contribution in [3.8, 4) is 0 Å². The Balaban J connectivity index is 0. The van der Waals surface area contributed by atoms with Crippen LogP contribution in [0.3, 0.4) is 0 Å². The van der Waals surface area contributed by atoms with Crippen molar-refractivity contribution in [1.82, 2.24) is 0 Å². The second-order valence-electron chi connectivity index (χ2n) is 8.13. The van der Waals surface area contributed by atoms with Crippen LogP contribution in [0.5, 0.6) is 0 Å². The van der Waals surface area contributed by atoms with Gasteiger partial charge in [0.25, 0.3) is 0 Å². The Hall–Kier alpha value is 0.564. The van der Waals surface area contributed by atoms with E-state index in [1.807, 2.05) is 7.11 Å². The fraction of sp³-hybridized carbons (Fsp3) is 0.600. The first-order valence-corrected chi connectivity index (χ1v) is 8.85. The molecule has 5 heteroatoms. The van der Waals surface area contributed by atoms with E-state index < -0.39 is 0 Å². The summed E-state index contributed by atoms with van der Waals surface area (Å²) in [5.41, 5.74) is 3.01. The van der Waals surface area contributed by atoms with Crippen LogP contribution in [-0.2, 0) is 26.5 Å². The first-order valence-electron chi connectivity index (χ1n) is 8.03. The molecule has 0 aromatic rings. The summed E-state index contributed by atoms with van der Waals surface area (Å²) in [5.74, 6) is 0. The smallest absolute Gasteiger partial charge is 1.00 e. The first-order chi connectivity index (χ1) is 10.1. The van der Waals surface area contributed by atoms with E-state index in [1.165, 1.54) is 16.1 Å². The first kappa shape index (κ1) is 27.8. The molecule has 0 aromatic carbocycles. The summed E-state index contributed by atoms with van der Waals surface area (Å²) in [4.78, 5) is 0.883. The molecule has 0 aliphatic heterocycles. The van der Waals surface area contributed by atoms with Crippen LogP contribution in [-0.4, -0.2) is 12.0 Å². The maximum Gasteiger partial charge on any atom is 3.00 e. The average Bonchev–Trinajstić information content (AvgIpc) is 2.89. The molecule has 0 saturated heterocycles. The number of halogens is 2. The molecule has 139 valence electrons. The fourth-order valence-corrected chi connectivity index (χ4v) is 4.35. The molecule has 1 radical (unpaired) electrons. The number of hydrogen-bond acceptors (Lipinski definition) is 2. The van der Waals surface area contributed by atoms with Crippen LogP contribution in [0.15, 0.2) is 40.4 Å². The zero-order chi connectivity index (χ0) is 16.6. The van der Waals surface area contributed by atoms with E-state index in [0.717, 1.165) is 12.8 Å². The summed E-state index contributed by atoms with van der Waals surface area (Å²) in [7, 11) is 1.84. The molecule has 0 bridgehead atoms. The largest absolute Gasteiger partial charge is 3.00 e. The summed E-state index contributed by atoms with van der Waals surface area (Å²) in [5, 5.41) is 0. The SMILES string of the molecule is COC1(SC2=[C-]CC=C2)CC=C(C(C)(C)C)C=C1C(C)(C)C.[Cl-].[Cl-].[Ti+3]. The molecule has 0 saturated carbocycles. The summed E-state index contributed by atoms with van der Waals surface area (Å²) >= 11 is 1.81. The van der Waals surface area contributed by atoms with E-state index in [2.05, 4.69) is 71.9 Å². The Morgan fingerprint density at radius 2 is 1.68 bits per heavy atom. The van der Waals surface area contributed by atoms with Crippen LogP contribution in [0, 0.1) is 16.9 Å². The maximum atomic E-state index is 6.10. The Labute approximate surface area is 185 Å². The van der Waals surface area contributed by atoms with Crippen molar-refractivity contribution in [2.45, 2.75) is 59.3 Å². The van der Waals surface area contributed by atoms with Crippen LogP contribution in [0.25, 0.3) is 0 Å². The number of ether oxygens (including phenoxy) is 1. The summed E-state index contributed by atoms with van der Waals surface area (Å²) < 4.78 is 6.10. The zero-order valence-corrected chi connectivity index (χ0v) is 20.2. The molecule has 1 nitrogen and oxygen atoms in total. The number of thioether (sulfide) groups is 1. The molecule has 0 aromatic heterocycles. The van der Waals surface area contributed by atoms with Gasteiger partial charge in [0.2, 0.25) is 0 Å². The molecule has 2 rings (SSSR count). The Bertz CT molecular complexity index is 565. The normalized spacial score (nSPS) is 22.8. The quantitative estimate of drug-likeness (QED) is 0.352. The van der Waals surface area contributed by atoms with Gasteiger partial charge >= 0.3 is 21.7 Å². The van der Waals surface area contributed by atoms with Gasteiger partial charge in [-0.2, -0.15) is 11.0 Å². The summed E-state index contributed by atoms with van der Waals surface area (Å²) in [6.45, 7) is 13.7. The summed E-state index contributed by atoms with van der Waals surface area (Å²) in [6.07, 6.45) is 14.3. The standard InChI is InChI=1S/C20H29OS.2ClH.Ti/c1-18(2,3)15-12-13-20(21-7,17(14-15)19(4,5)6)22-16-10-8-9-11-16;;;/h8,10,12,14H,9,13H2,1-7H3;2*1H;/q-1;;;+3/p-2. The van der Waals surface area contributed by atoms with Gasteiger partial charge in [-0.1, -0.05) is 53.7 Å². The van der Waals surface area contributed by atoms with Crippen molar-refractivity contribution < 1.29 is 51.3 Å². The topological polar surface area (TPSA) is 9.23 Å². The van der Waals surface area contributed by atoms with Crippen LogP contribution >= 0.6 is 11.8 Å². The van der Waals surface area contributed by atoms with Crippen molar-refractivity contribution in [3.63, 3.8) is 0 Å². The van der Waals surface area contributed by atoms with Gasteiger partial charge in [-0.25, -0.2) is 6.08 Å². The number of rotatable bonds is 3. The molecule has 2 aliphatic carbocycles. The maximum absolute atomic E-state index is 6.10. The second kappa shape index (κ2) is 10.2. The van der Waals surface area contributed by atoms with E-state index in [9.17, 15) is 0 Å². The summed E-state index contributed by atoms with van der Waals surface area (Å²) in [6, 6.07) is 0. The van der Waals surface area contributed by atoms with E-state index in [4.69, 9.17) is 4.74 Å². The minimum Gasteiger partial charge on any atom is -1.00 e. The van der Waals surface area contributed by atoms with Gasteiger partial charge in [-0.05, 0) is 22.0 Å². The second-order valence-corrected chi connectivity index (χ2v) is 9.43. The van der Waals surface area contributed by atoms with Gasteiger partial charge < -0.3 is 29.6 Å². The van der Waals surface area contributed by atoms with E-state index in [1.54, 1.807) is 11.8 Å². The van der Waals surface area contributed by atoms with Gasteiger partial charge in [0.15, 0.2) is 0 Å². The molecule has 0 N–H and O–H groups in total. The number of methoxy groups -OCH3 is 1. The van der Waals surface area contributed by atoms with Gasteiger partial charge in [0, 0.05) is 13.5 Å².